The summed E-state index contributed by atoms with van der Waals surface area (Å²) in [7, 11) is 0. The molecule has 1 aromatic heterocycles. The second-order valence-electron chi connectivity index (χ2n) is 5.17. The second kappa shape index (κ2) is 7.87. The maximum atomic E-state index is 12.2. The van der Waals surface area contributed by atoms with Crippen LogP contribution in [0.4, 0.5) is 5.13 Å². The van der Waals surface area contributed by atoms with Crippen molar-refractivity contribution in [3.8, 4) is 5.75 Å². The molecule has 0 saturated heterocycles. The molecule has 1 aromatic carbocycles. The third-order valence-electron chi connectivity index (χ3n) is 3.22. The molecule has 2 aromatic rings. The largest absolute Gasteiger partial charge is 0.494 e. The van der Waals surface area contributed by atoms with Crippen LogP contribution in [0.2, 0.25) is 0 Å². The van der Waals surface area contributed by atoms with Crippen molar-refractivity contribution < 1.29 is 14.3 Å². The summed E-state index contributed by atoms with van der Waals surface area (Å²) < 4.78 is 5.57. The van der Waals surface area contributed by atoms with Gasteiger partial charge in [-0.2, -0.15) is 0 Å². The van der Waals surface area contributed by atoms with Gasteiger partial charge in [0.2, 0.25) is 0 Å². The molecule has 5 nitrogen and oxygen atoms in total. The van der Waals surface area contributed by atoms with E-state index in [1.807, 2.05) is 0 Å². The van der Waals surface area contributed by atoms with Crippen LogP contribution in [0.3, 0.4) is 0 Å². The van der Waals surface area contributed by atoms with Gasteiger partial charge in [0.25, 0.3) is 5.91 Å². The molecule has 0 saturated carbocycles. The fraction of sp³-hybridized carbons (Fsp3) is 0.353. The first-order chi connectivity index (χ1) is 11.0. The first-order valence-electron chi connectivity index (χ1n) is 7.53. The Hall–Kier alpha value is -2.21. The van der Waals surface area contributed by atoms with Crippen molar-refractivity contribution in [2.45, 2.75) is 33.6 Å². The van der Waals surface area contributed by atoms with Crippen molar-refractivity contribution in [2.75, 3.05) is 11.9 Å². The Balaban J connectivity index is 2.00. The molecule has 0 fully saturated rings. The zero-order valence-electron chi connectivity index (χ0n) is 13.5. The maximum absolute atomic E-state index is 12.2. The second-order valence-corrected chi connectivity index (χ2v) is 6.17. The molecule has 1 amide bonds. The Bertz CT molecular complexity index is 692. The molecule has 23 heavy (non-hydrogen) atoms. The van der Waals surface area contributed by atoms with E-state index in [-0.39, 0.29) is 11.7 Å². The number of benzene rings is 1. The van der Waals surface area contributed by atoms with E-state index in [0.717, 1.165) is 18.6 Å². The zero-order valence-corrected chi connectivity index (χ0v) is 14.3. The maximum Gasteiger partial charge on any atom is 0.257 e. The van der Waals surface area contributed by atoms with Crippen LogP contribution in [0, 0.1) is 6.92 Å². The lowest BCUT2D eigenvalue weighted by atomic mass is 10.2. The molecular formula is C17H20N2O3S. The van der Waals surface area contributed by atoms with Crippen molar-refractivity contribution in [2.24, 2.45) is 0 Å². The average Bonchev–Trinajstić information content (AvgIpc) is 2.89. The number of Topliss-reactive ketones (excluding diaryl/α,β-unsaturated/α-hetero) is 1. The lowest BCUT2D eigenvalue weighted by molar-refractivity contribution is 0.101. The number of nitrogens with one attached hydrogen (secondary N) is 1. The number of aryl methyl sites for hydroxylation is 1. The van der Waals surface area contributed by atoms with Crippen molar-refractivity contribution in [3.05, 3.63) is 40.4 Å². The molecule has 1 N–H and O–H groups in total. The molecule has 2 rings (SSSR count). The number of amides is 1. The number of thiazole rings is 1. The fourth-order valence-electron chi connectivity index (χ4n) is 1.98. The number of carbonyl (C=O) groups is 2. The molecule has 0 unspecified atom stereocenters. The molecule has 6 heteroatoms. The van der Waals surface area contributed by atoms with Gasteiger partial charge in [0.05, 0.1) is 17.2 Å². The van der Waals surface area contributed by atoms with Gasteiger partial charge >= 0.3 is 0 Å². The highest BCUT2D eigenvalue weighted by Crippen LogP contribution is 2.23. The van der Waals surface area contributed by atoms with Crippen LogP contribution >= 0.6 is 11.3 Å². The summed E-state index contributed by atoms with van der Waals surface area (Å²) in [6.07, 6.45) is 2.08. The molecule has 0 aliphatic carbocycles. The van der Waals surface area contributed by atoms with Crippen molar-refractivity contribution in [1.82, 2.24) is 4.98 Å². The van der Waals surface area contributed by atoms with Crippen molar-refractivity contribution >= 4 is 28.2 Å². The Labute approximate surface area is 139 Å². The van der Waals surface area contributed by atoms with E-state index in [1.54, 1.807) is 31.2 Å². The monoisotopic (exact) mass is 332 g/mol. The van der Waals surface area contributed by atoms with Gasteiger partial charge in [-0.1, -0.05) is 24.7 Å². The summed E-state index contributed by atoms with van der Waals surface area (Å²) in [6.45, 7) is 6.03. The molecule has 122 valence electrons. The number of unbranched alkanes of at least 4 members (excludes halogenated alkanes) is 1. The minimum Gasteiger partial charge on any atom is -0.494 e. The van der Waals surface area contributed by atoms with Crippen LogP contribution in [0.15, 0.2) is 24.3 Å². The van der Waals surface area contributed by atoms with E-state index in [2.05, 4.69) is 17.2 Å². The van der Waals surface area contributed by atoms with Gasteiger partial charge in [-0.25, -0.2) is 4.98 Å². The number of aromatic nitrogens is 1. The summed E-state index contributed by atoms with van der Waals surface area (Å²) in [5.74, 6) is 0.446. The van der Waals surface area contributed by atoms with E-state index in [9.17, 15) is 9.59 Å². The number of rotatable bonds is 7. The molecule has 1 heterocycles. The summed E-state index contributed by atoms with van der Waals surface area (Å²) >= 11 is 1.19. The van der Waals surface area contributed by atoms with Gasteiger partial charge in [-0.15, -0.1) is 0 Å². The highest BCUT2D eigenvalue weighted by molar-refractivity contribution is 7.17. The topological polar surface area (TPSA) is 68.3 Å². The summed E-state index contributed by atoms with van der Waals surface area (Å²) in [6, 6.07) is 6.98. The van der Waals surface area contributed by atoms with Gasteiger partial charge in [-0.05, 0) is 37.6 Å². The fourth-order valence-corrected chi connectivity index (χ4v) is 2.84. The number of ether oxygens (including phenoxy) is 1. The lowest BCUT2D eigenvalue weighted by Gasteiger charge is -2.06. The standard InChI is InChI=1S/C17H20N2O3S/c1-4-5-10-22-14-8-6-13(7-9-14)16(21)19-17-18-11(2)15(23-17)12(3)20/h6-9H,4-5,10H2,1-3H3,(H,18,19,21). The van der Waals surface area contributed by atoms with Crippen LogP contribution in [0.1, 0.15) is 52.4 Å². The van der Waals surface area contributed by atoms with Crippen LogP contribution in [-0.2, 0) is 0 Å². The number of anilines is 1. The van der Waals surface area contributed by atoms with Crippen LogP contribution in [0.5, 0.6) is 5.75 Å². The minimum absolute atomic E-state index is 0.0471. The van der Waals surface area contributed by atoms with Crippen molar-refractivity contribution in [1.29, 1.82) is 0 Å². The number of hydrogen-bond donors (Lipinski definition) is 1. The number of carbonyl (C=O) groups excluding carboxylic acids is 2. The lowest BCUT2D eigenvalue weighted by Crippen LogP contribution is -2.11. The third-order valence-corrected chi connectivity index (χ3v) is 4.39. The molecule has 0 aliphatic heterocycles. The molecule has 0 spiro atoms. The summed E-state index contributed by atoms with van der Waals surface area (Å²) in [5, 5.41) is 3.15. The Morgan fingerprint density at radius 1 is 1.26 bits per heavy atom. The van der Waals surface area contributed by atoms with Gasteiger partial charge in [0, 0.05) is 12.5 Å². The van der Waals surface area contributed by atoms with E-state index < -0.39 is 0 Å². The van der Waals surface area contributed by atoms with Gasteiger partial charge in [0.1, 0.15) is 5.75 Å². The van der Waals surface area contributed by atoms with Crippen LogP contribution in [0.25, 0.3) is 0 Å². The zero-order chi connectivity index (χ0) is 16.8. The SMILES string of the molecule is CCCCOc1ccc(C(=O)Nc2nc(C)c(C(C)=O)s2)cc1. The van der Waals surface area contributed by atoms with Gasteiger partial charge < -0.3 is 4.74 Å². The Kier molecular flexibility index (Phi) is 5.87. The predicted molar refractivity (Wildman–Crippen MR) is 91.7 cm³/mol. The van der Waals surface area contributed by atoms with E-state index in [0.29, 0.717) is 27.9 Å². The first-order valence-corrected chi connectivity index (χ1v) is 8.35. The summed E-state index contributed by atoms with van der Waals surface area (Å²) in [5.41, 5.74) is 1.16. The highest BCUT2D eigenvalue weighted by Gasteiger charge is 2.14. The van der Waals surface area contributed by atoms with E-state index >= 15 is 0 Å². The minimum atomic E-state index is -0.256. The normalized spacial score (nSPS) is 10.4. The van der Waals surface area contributed by atoms with Gasteiger partial charge in [0.15, 0.2) is 10.9 Å². The first kappa shape index (κ1) is 17.1. The Morgan fingerprint density at radius 2 is 1.96 bits per heavy atom. The van der Waals surface area contributed by atoms with E-state index in [1.165, 1.54) is 18.3 Å². The molecular weight excluding hydrogens is 312 g/mol. The quantitative estimate of drug-likeness (QED) is 0.612. The average molecular weight is 332 g/mol. The number of ketones is 1. The number of nitrogens with zero attached hydrogens (tertiary/aromatic N) is 1. The smallest absolute Gasteiger partial charge is 0.257 e. The number of hydrogen-bond acceptors (Lipinski definition) is 5. The van der Waals surface area contributed by atoms with Crippen molar-refractivity contribution in [3.63, 3.8) is 0 Å². The predicted octanol–water partition coefficient (Wildman–Crippen LogP) is 4.09. The van der Waals surface area contributed by atoms with E-state index in [4.69, 9.17) is 4.74 Å². The molecule has 0 atom stereocenters. The van der Waals surface area contributed by atoms with Crippen LogP contribution < -0.4 is 10.1 Å². The molecule has 0 aliphatic rings. The third kappa shape index (κ3) is 4.63. The van der Waals surface area contributed by atoms with Gasteiger partial charge in [-0.3, -0.25) is 14.9 Å². The molecule has 0 bridgehead atoms. The summed E-state index contributed by atoms with van der Waals surface area (Å²) in [4.78, 5) is 28.4. The highest BCUT2D eigenvalue weighted by atomic mass is 32.1. The molecule has 0 radical (unpaired) electrons. The Morgan fingerprint density at radius 3 is 2.52 bits per heavy atom. The van der Waals surface area contributed by atoms with Crippen LogP contribution in [-0.4, -0.2) is 23.3 Å².